The highest BCUT2D eigenvalue weighted by Gasteiger charge is 2.06. The number of nitrogens with one attached hydrogen (secondary N) is 1. The van der Waals surface area contributed by atoms with E-state index >= 15 is 0 Å². The number of nitrogens with zero attached hydrogens (tertiary/aromatic N) is 3. The first-order valence-corrected chi connectivity index (χ1v) is 9.58. The molecule has 0 unspecified atom stereocenters. The van der Waals surface area contributed by atoms with Crippen LogP contribution in [0.5, 0.6) is 11.5 Å². The number of hydrogen-bond acceptors (Lipinski definition) is 7. The highest BCUT2D eigenvalue weighted by atomic mass is 32.2. The van der Waals surface area contributed by atoms with Gasteiger partial charge in [0.05, 0.1) is 25.7 Å². The summed E-state index contributed by atoms with van der Waals surface area (Å²) in [6.07, 6.45) is 2.48. The molecule has 0 bridgehead atoms. The number of benzene rings is 1. The van der Waals surface area contributed by atoms with Crippen molar-refractivity contribution in [3.8, 4) is 11.5 Å². The van der Waals surface area contributed by atoms with Gasteiger partial charge >= 0.3 is 0 Å². The monoisotopic (exact) mass is 388 g/mol. The third kappa shape index (κ3) is 6.90. The zero-order chi connectivity index (χ0) is 19.6. The van der Waals surface area contributed by atoms with Crippen LogP contribution in [0.15, 0.2) is 34.5 Å². The molecule has 144 valence electrons. The maximum atomic E-state index is 11.9. The first-order valence-electron chi connectivity index (χ1n) is 8.59. The van der Waals surface area contributed by atoms with Gasteiger partial charge in [0.2, 0.25) is 0 Å². The molecule has 0 radical (unpaired) electrons. The van der Waals surface area contributed by atoms with E-state index in [-0.39, 0.29) is 11.7 Å². The summed E-state index contributed by atoms with van der Waals surface area (Å²) in [6.45, 7) is 6.47. The number of ether oxygens (including phenoxy) is 2. The molecule has 2 rings (SSSR count). The summed E-state index contributed by atoms with van der Waals surface area (Å²) in [5.74, 6) is 1.27. The van der Waals surface area contributed by atoms with Crippen LogP contribution < -0.4 is 14.9 Å². The molecule has 1 amide bonds. The van der Waals surface area contributed by atoms with E-state index in [9.17, 15) is 4.79 Å². The Morgan fingerprint density at radius 2 is 1.96 bits per heavy atom. The summed E-state index contributed by atoms with van der Waals surface area (Å²) in [6, 6.07) is 7.37. The zero-order valence-electron chi connectivity index (χ0n) is 16.0. The Bertz CT molecular complexity index is 791. The minimum absolute atomic E-state index is 0.188. The number of aryl methyl sites for hydroxylation is 2. The van der Waals surface area contributed by atoms with Crippen molar-refractivity contribution < 1.29 is 14.3 Å². The lowest BCUT2D eigenvalue weighted by Crippen LogP contribution is -2.19. The molecule has 0 aliphatic carbocycles. The van der Waals surface area contributed by atoms with Gasteiger partial charge in [0, 0.05) is 11.4 Å². The largest absolute Gasteiger partial charge is 0.493 e. The smallest absolute Gasteiger partial charge is 0.250 e. The first kappa shape index (κ1) is 20.7. The zero-order valence-corrected chi connectivity index (χ0v) is 16.8. The van der Waals surface area contributed by atoms with Crippen molar-refractivity contribution in [1.82, 2.24) is 15.4 Å². The van der Waals surface area contributed by atoms with Gasteiger partial charge in [-0.1, -0.05) is 18.7 Å². The van der Waals surface area contributed by atoms with Crippen molar-refractivity contribution in [3.63, 3.8) is 0 Å². The molecular weight excluding hydrogens is 364 g/mol. The number of carbonyl (C=O) groups is 1. The average molecular weight is 388 g/mol. The second kappa shape index (κ2) is 10.5. The predicted molar refractivity (Wildman–Crippen MR) is 107 cm³/mol. The molecule has 0 saturated heterocycles. The van der Waals surface area contributed by atoms with Crippen LogP contribution in [0.3, 0.4) is 0 Å². The fraction of sp³-hybridized carbons (Fsp3) is 0.368. The Labute approximate surface area is 163 Å². The van der Waals surface area contributed by atoms with Gasteiger partial charge in [0.15, 0.2) is 16.7 Å². The summed E-state index contributed by atoms with van der Waals surface area (Å²) in [5, 5.41) is 4.56. The highest BCUT2D eigenvalue weighted by Crippen LogP contribution is 2.27. The van der Waals surface area contributed by atoms with E-state index in [1.807, 2.05) is 39.0 Å². The quantitative estimate of drug-likeness (QED) is 0.307. The lowest BCUT2D eigenvalue weighted by atomic mass is 10.2. The van der Waals surface area contributed by atoms with E-state index in [4.69, 9.17) is 9.47 Å². The predicted octanol–water partition coefficient (Wildman–Crippen LogP) is 3.13. The van der Waals surface area contributed by atoms with E-state index in [0.717, 1.165) is 23.4 Å². The summed E-state index contributed by atoms with van der Waals surface area (Å²) in [7, 11) is 1.59. The molecule has 0 saturated carbocycles. The number of thioether (sulfide) groups is 1. The third-order valence-electron chi connectivity index (χ3n) is 3.35. The minimum atomic E-state index is -0.228. The molecule has 7 nitrogen and oxygen atoms in total. The van der Waals surface area contributed by atoms with Gasteiger partial charge < -0.3 is 9.47 Å². The van der Waals surface area contributed by atoms with Crippen LogP contribution in [0.25, 0.3) is 0 Å². The fourth-order valence-corrected chi connectivity index (χ4v) is 2.94. The minimum Gasteiger partial charge on any atom is -0.493 e. The standard InChI is InChI=1S/C19H24N4O3S/c1-5-8-26-16-7-6-15(10-17(16)25-4)11-20-23-18(24)12-27-19-21-13(2)9-14(3)22-19/h6-7,9-11H,5,8,12H2,1-4H3,(H,23,24)/b20-11+. The Kier molecular flexibility index (Phi) is 8.06. The Morgan fingerprint density at radius 3 is 2.63 bits per heavy atom. The van der Waals surface area contributed by atoms with Crippen LogP contribution in [-0.2, 0) is 4.79 Å². The average Bonchev–Trinajstić information content (AvgIpc) is 2.64. The number of carbonyl (C=O) groups excluding carboxylic acids is 1. The second-order valence-electron chi connectivity index (χ2n) is 5.77. The fourth-order valence-electron chi connectivity index (χ4n) is 2.20. The lowest BCUT2D eigenvalue weighted by Gasteiger charge is -2.10. The second-order valence-corrected chi connectivity index (χ2v) is 6.72. The Balaban J connectivity index is 1.87. The molecule has 1 heterocycles. The molecule has 1 N–H and O–H groups in total. The topological polar surface area (TPSA) is 85.7 Å². The normalized spacial score (nSPS) is 10.8. The molecule has 0 aliphatic rings. The van der Waals surface area contributed by atoms with Gasteiger partial charge in [0.1, 0.15) is 0 Å². The van der Waals surface area contributed by atoms with Gasteiger partial charge in [-0.3, -0.25) is 4.79 Å². The van der Waals surface area contributed by atoms with Gasteiger partial charge in [0.25, 0.3) is 5.91 Å². The van der Waals surface area contributed by atoms with Crippen molar-refractivity contribution in [2.45, 2.75) is 32.3 Å². The van der Waals surface area contributed by atoms with Gasteiger partial charge in [-0.2, -0.15) is 5.10 Å². The first-order chi connectivity index (χ1) is 13.0. The lowest BCUT2D eigenvalue weighted by molar-refractivity contribution is -0.118. The van der Waals surface area contributed by atoms with E-state index in [1.165, 1.54) is 11.8 Å². The molecule has 0 aliphatic heterocycles. The molecule has 8 heteroatoms. The van der Waals surface area contributed by atoms with Crippen molar-refractivity contribution >= 4 is 23.9 Å². The van der Waals surface area contributed by atoms with Crippen molar-refractivity contribution in [1.29, 1.82) is 0 Å². The number of rotatable bonds is 9. The van der Waals surface area contributed by atoms with Gasteiger partial charge in [-0.25, -0.2) is 15.4 Å². The van der Waals surface area contributed by atoms with Crippen molar-refractivity contribution in [2.24, 2.45) is 5.10 Å². The number of hydrazone groups is 1. The van der Waals surface area contributed by atoms with Crippen LogP contribution in [0.4, 0.5) is 0 Å². The maximum Gasteiger partial charge on any atom is 0.250 e. The number of aromatic nitrogens is 2. The van der Waals surface area contributed by atoms with E-state index in [0.29, 0.717) is 23.3 Å². The molecular formula is C19H24N4O3S. The van der Waals surface area contributed by atoms with Crippen LogP contribution >= 0.6 is 11.8 Å². The van der Waals surface area contributed by atoms with Crippen molar-refractivity contribution in [3.05, 3.63) is 41.2 Å². The van der Waals surface area contributed by atoms with Crippen LogP contribution in [0, 0.1) is 13.8 Å². The summed E-state index contributed by atoms with van der Waals surface area (Å²) in [5.41, 5.74) is 5.05. The molecule has 0 atom stereocenters. The van der Waals surface area contributed by atoms with Crippen LogP contribution in [-0.4, -0.2) is 41.6 Å². The molecule has 1 aromatic heterocycles. The molecule has 2 aromatic rings. The number of hydrogen-bond donors (Lipinski definition) is 1. The summed E-state index contributed by atoms with van der Waals surface area (Å²) >= 11 is 1.27. The van der Waals surface area contributed by atoms with E-state index < -0.39 is 0 Å². The Morgan fingerprint density at radius 1 is 1.22 bits per heavy atom. The molecule has 1 aromatic carbocycles. The summed E-state index contributed by atoms with van der Waals surface area (Å²) in [4.78, 5) is 20.5. The summed E-state index contributed by atoms with van der Waals surface area (Å²) < 4.78 is 10.9. The van der Waals surface area contributed by atoms with Crippen molar-refractivity contribution in [2.75, 3.05) is 19.5 Å². The van der Waals surface area contributed by atoms with Crippen LogP contribution in [0.2, 0.25) is 0 Å². The number of methoxy groups -OCH3 is 1. The Hall–Kier alpha value is -2.61. The SMILES string of the molecule is CCCOc1ccc(/C=N/NC(=O)CSc2nc(C)cc(C)n2)cc1OC. The van der Waals surface area contributed by atoms with Gasteiger partial charge in [-0.15, -0.1) is 0 Å². The third-order valence-corrected chi connectivity index (χ3v) is 4.19. The van der Waals surface area contributed by atoms with E-state index in [1.54, 1.807) is 19.4 Å². The molecule has 27 heavy (non-hydrogen) atoms. The molecule has 0 fully saturated rings. The number of amides is 1. The highest BCUT2D eigenvalue weighted by molar-refractivity contribution is 7.99. The van der Waals surface area contributed by atoms with Gasteiger partial charge in [-0.05, 0) is 50.1 Å². The molecule has 0 spiro atoms. The van der Waals surface area contributed by atoms with E-state index in [2.05, 4.69) is 20.5 Å². The van der Waals surface area contributed by atoms with Crippen LogP contribution in [0.1, 0.15) is 30.3 Å². The maximum absolute atomic E-state index is 11.9.